The van der Waals surface area contributed by atoms with Crippen molar-refractivity contribution in [2.24, 2.45) is 0 Å². The second kappa shape index (κ2) is 7.25. The molecule has 2 heterocycles. The van der Waals surface area contributed by atoms with Crippen LogP contribution >= 0.6 is 11.6 Å². The fraction of sp³-hybridized carbons (Fsp3) is 0.333. The van der Waals surface area contributed by atoms with E-state index in [1.165, 1.54) is 6.20 Å². The average molecular weight is 394 g/mol. The highest BCUT2D eigenvalue weighted by molar-refractivity contribution is 7.90. The van der Waals surface area contributed by atoms with Crippen molar-refractivity contribution in [2.75, 3.05) is 6.26 Å². The number of nitrogens with one attached hydrogen (secondary N) is 1. The van der Waals surface area contributed by atoms with E-state index in [2.05, 4.69) is 16.9 Å². The van der Waals surface area contributed by atoms with Crippen LogP contribution in [0.3, 0.4) is 0 Å². The molecular weight excluding hydrogens is 374 g/mol. The van der Waals surface area contributed by atoms with Gasteiger partial charge in [-0.1, -0.05) is 43.5 Å². The topological polar surface area (TPSA) is 84.8 Å². The lowest BCUT2D eigenvalue weighted by Gasteiger charge is -2.10. The van der Waals surface area contributed by atoms with Crippen molar-refractivity contribution in [1.29, 1.82) is 0 Å². The Morgan fingerprint density at radius 2 is 1.88 bits per heavy atom. The smallest absolute Gasteiger partial charge is 0.290 e. The van der Waals surface area contributed by atoms with Gasteiger partial charge in [-0.15, -0.1) is 0 Å². The Kier molecular flexibility index (Phi) is 5.20. The monoisotopic (exact) mass is 393 g/mol. The van der Waals surface area contributed by atoms with Crippen LogP contribution in [-0.4, -0.2) is 29.2 Å². The number of hydrogen-bond acceptors (Lipinski definition) is 4. The number of benzene rings is 1. The van der Waals surface area contributed by atoms with Crippen LogP contribution in [-0.2, 0) is 16.4 Å². The number of rotatable bonds is 6. The van der Waals surface area contributed by atoms with Crippen LogP contribution in [0.4, 0.5) is 0 Å². The minimum absolute atomic E-state index is 0.222. The van der Waals surface area contributed by atoms with E-state index in [0.717, 1.165) is 31.1 Å². The summed E-state index contributed by atoms with van der Waals surface area (Å²) in [5, 5.41) is 0.410. The van der Waals surface area contributed by atoms with Gasteiger partial charge in [0, 0.05) is 24.6 Å². The molecule has 0 radical (unpaired) electrons. The summed E-state index contributed by atoms with van der Waals surface area (Å²) < 4.78 is 25.0. The van der Waals surface area contributed by atoms with Crippen molar-refractivity contribution in [2.45, 2.75) is 37.6 Å². The van der Waals surface area contributed by atoms with E-state index in [9.17, 15) is 13.2 Å². The zero-order chi connectivity index (χ0) is 18.9. The molecule has 3 rings (SSSR count). The Bertz CT molecular complexity index is 1100. The van der Waals surface area contributed by atoms with E-state index in [-0.39, 0.29) is 10.6 Å². The normalized spacial score (nSPS) is 12.0. The Balaban J connectivity index is 2.18. The lowest BCUT2D eigenvalue weighted by Crippen LogP contribution is -2.17. The summed E-state index contributed by atoms with van der Waals surface area (Å²) in [7, 11) is -3.28. The SMILES string of the molecule is CCCCCn1c(=O)[nH]c2ncc(Cl)c(-c3ccc(S(C)(=O)=O)cc3)c21. The van der Waals surface area contributed by atoms with Crippen LogP contribution < -0.4 is 5.69 Å². The van der Waals surface area contributed by atoms with Crippen LogP contribution in [0.5, 0.6) is 0 Å². The van der Waals surface area contributed by atoms with Crippen LogP contribution in [0.1, 0.15) is 26.2 Å². The van der Waals surface area contributed by atoms with Crippen LogP contribution in [0.15, 0.2) is 40.2 Å². The molecule has 0 unspecified atom stereocenters. The number of hydrogen-bond donors (Lipinski definition) is 1. The molecule has 0 saturated heterocycles. The zero-order valence-corrected chi connectivity index (χ0v) is 16.2. The molecule has 0 bridgehead atoms. The number of H-pyrrole nitrogens is 1. The first kappa shape index (κ1) is 18.7. The third kappa shape index (κ3) is 3.54. The summed E-state index contributed by atoms with van der Waals surface area (Å²) in [5.74, 6) is 0. The van der Waals surface area contributed by atoms with Gasteiger partial charge >= 0.3 is 5.69 Å². The van der Waals surface area contributed by atoms with Gasteiger partial charge in [0.15, 0.2) is 15.5 Å². The number of imidazole rings is 1. The number of pyridine rings is 1. The molecule has 0 atom stereocenters. The summed E-state index contributed by atoms with van der Waals surface area (Å²) in [4.78, 5) is 19.6. The Morgan fingerprint density at radius 1 is 1.19 bits per heavy atom. The van der Waals surface area contributed by atoms with Crippen molar-refractivity contribution in [3.8, 4) is 11.1 Å². The van der Waals surface area contributed by atoms with Crippen LogP contribution in [0.2, 0.25) is 5.02 Å². The van der Waals surface area contributed by atoms with Gasteiger partial charge in [-0.2, -0.15) is 0 Å². The minimum Gasteiger partial charge on any atom is -0.290 e. The van der Waals surface area contributed by atoms with Gasteiger partial charge in [-0.05, 0) is 24.1 Å². The standard InChI is InChI=1S/C18H20ClN3O3S/c1-3-4-5-10-22-16-15(14(19)11-20-17(16)21-18(22)23)12-6-8-13(9-7-12)26(2,24)25/h6-9,11H,3-5,10H2,1-2H3,(H,20,21,23). The number of sulfone groups is 1. The number of aromatic amines is 1. The minimum atomic E-state index is -3.28. The van der Waals surface area contributed by atoms with E-state index in [0.29, 0.717) is 28.3 Å². The van der Waals surface area contributed by atoms with Gasteiger partial charge in [-0.25, -0.2) is 18.2 Å². The second-order valence-corrected chi connectivity index (χ2v) is 8.69. The number of nitrogens with zero attached hydrogens (tertiary/aromatic N) is 2. The molecular formula is C18H20ClN3O3S. The third-order valence-electron chi connectivity index (χ3n) is 4.30. The van der Waals surface area contributed by atoms with Crippen molar-refractivity contribution >= 4 is 32.6 Å². The van der Waals surface area contributed by atoms with Crippen LogP contribution in [0, 0.1) is 0 Å². The molecule has 1 N–H and O–H groups in total. The first-order valence-corrected chi connectivity index (χ1v) is 10.7. The lowest BCUT2D eigenvalue weighted by molar-refractivity contribution is 0.601. The predicted octanol–water partition coefficient (Wildman–Crippen LogP) is 3.64. The fourth-order valence-corrected chi connectivity index (χ4v) is 3.86. The zero-order valence-electron chi connectivity index (χ0n) is 14.6. The van der Waals surface area contributed by atoms with Gasteiger partial charge in [0.1, 0.15) is 0 Å². The molecule has 0 amide bonds. The highest BCUT2D eigenvalue weighted by Crippen LogP contribution is 2.33. The molecule has 0 fully saturated rings. The summed E-state index contributed by atoms with van der Waals surface area (Å²) >= 11 is 6.40. The summed E-state index contributed by atoms with van der Waals surface area (Å²) in [6.07, 6.45) is 5.61. The van der Waals surface area contributed by atoms with Gasteiger partial charge in [0.05, 0.1) is 15.4 Å². The first-order chi connectivity index (χ1) is 12.3. The van der Waals surface area contributed by atoms with Gasteiger partial charge in [0.25, 0.3) is 0 Å². The highest BCUT2D eigenvalue weighted by atomic mass is 35.5. The molecule has 1 aromatic carbocycles. The number of aryl methyl sites for hydroxylation is 1. The number of unbranched alkanes of at least 4 members (excludes halogenated alkanes) is 2. The summed E-state index contributed by atoms with van der Waals surface area (Å²) in [6.45, 7) is 2.67. The Morgan fingerprint density at radius 3 is 2.50 bits per heavy atom. The van der Waals surface area contributed by atoms with Crippen molar-refractivity contribution in [3.63, 3.8) is 0 Å². The molecule has 26 heavy (non-hydrogen) atoms. The maximum absolute atomic E-state index is 12.4. The Labute approximate surface area is 156 Å². The lowest BCUT2D eigenvalue weighted by atomic mass is 10.1. The molecule has 2 aromatic heterocycles. The summed E-state index contributed by atoms with van der Waals surface area (Å²) in [5.41, 5.74) is 2.30. The van der Waals surface area contributed by atoms with E-state index in [1.54, 1.807) is 28.8 Å². The highest BCUT2D eigenvalue weighted by Gasteiger charge is 2.17. The maximum atomic E-state index is 12.4. The molecule has 0 saturated carbocycles. The number of fused-ring (bicyclic) bond motifs is 1. The quantitative estimate of drug-likeness (QED) is 0.648. The fourth-order valence-electron chi connectivity index (χ4n) is 2.98. The molecule has 6 nitrogen and oxygen atoms in total. The predicted molar refractivity (Wildman–Crippen MR) is 103 cm³/mol. The number of halogens is 1. The van der Waals surface area contributed by atoms with E-state index in [4.69, 9.17) is 11.6 Å². The molecule has 0 aliphatic heterocycles. The number of aromatic nitrogens is 3. The van der Waals surface area contributed by atoms with Crippen molar-refractivity contribution in [3.05, 3.63) is 46.0 Å². The molecule has 8 heteroatoms. The van der Waals surface area contributed by atoms with E-state index < -0.39 is 9.84 Å². The van der Waals surface area contributed by atoms with E-state index >= 15 is 0 Å². The Hall–Kier alpha value is -2.12. The van der Waals surface area contributed by atoms with Crippen molar-refractivity contribution in [1.82, 2.24) is 14.5 Å². The molecule has 0 aliphatic carbocycles. The van der Waals surface area contributed by atoms with Gasteiger partial charge in [-0.3, -0.25) is 9.55 Å². The van der Waals surface area contributed by atoms with Crippen molar-refractivity contribution < 1.29 is 8.42 Å². The van der Waals surface area contributed by atoms with Gasteiger partial charge < -0.3 is 0 Å². The largest absolute Gasteiger partial charge is 0.327 e. The maximum Gasteiger partial charge on any atom is 0.327 e. The second-order valence-electron chi connectivity index (χ2n) is 6.26. The molecule has 0 aliphatic rings. The summed E-state index contributed by atoms with van der Waals surface area (Å²) in [6, 6.07) is 6.48. The molecule has 3 aromatic rings. The van der Waals surface area contributed by atoms with Gasteiger partial charge in [0.2, 0.25) is 0 Å². The molecule has 0 spiro atoms. The molecule has 138 valence electrons. The first-order valence-electron chi connectivity index (χ1n) is 8.40. The van der Waals surface area contributed by atoms with E-state index in [1.807, 2.05) is 0 Å². The van der Waals surface area contributed by atoms with Crippen LogP contribution in [0.25, 0.3) is 22.3 Å². The average Bonchev–Trinajstić information content (AvgIpc) is 2.90. The third-order valence-corrected chi connectivity index (χ3v) is 5.72.